The highest BCUT2D eigenvalue weighted by atomic mass is 28.3. The predicted octanol–water partition coefficient (Wildman–Crippen LogP) is 6.37. The summed E-state index contributed by atoms with van der Waals surface area (Å²) in [5, 5.41) is 0. The highest BCUT2D eigenvalue weighted by Crippen LogP contribution is 2.37. The zero-order valence-electron chi connectivity index (χ0n) is 19.6. The highest BCUT2D eigenvalue weighted by molar-refractivity contribution is 6.76. The molecule has 1 aromatic heterocycles. The average molecular weight is 431 g/mol. The van der Waals surface area contributed by atoms with Gasteiger partial charge in [-0.3, -0.25) is 0 Å². The van der Waals surface area contributed by atoms with Crippen LogP contribution in [0.1, 0.15) is 49.9 Å². The first-order chi connectivity index (χ1) is 14.2. The number of furan rings is 1. The second kappa shape index (κ2) is 11.7. The fourth-order valence-corrected chi connectivity index (χ4v) is 4.14. The van der Waals surface area contributed by atoms with Crippen LogP contribution in [0.4, 0.5) is 0 Å². The van der Waals surface area contributed by atoms with Crippen LogP contribution in [0.3, 0.4) is 0 Å². The van der Waals surface area contributed by atoms with E-state index in [2.05, 4.69) is 58.0 Å². The van der Waals surface area contributed by atoms with Crippen molar-refractivity contribution in [2.45, 2.75) is 65.4 Å². The Labute approximate surface area is 183 Å². The molecule has 0 spiro atoms. The van der Waals surface area contributed by atoms with Crippen LogP contribution in [0.5, 0.6) is 0 Å². The number of ether oxygens (including phenoxy) is 3. The van der Waals surface area contributed by atoms with E-state index >= 15 is 0 Å². The lowest BCUT2D eigenvalue weighted by Gasteiger charge is -2.27. The molecule has 0 amide bonds. The first-order valence-corrected chi connectivity index (χ1v) is 14.5. The summed E-state index contributed by atoms with van der Waals surface area (Å²) in [5.41, 5.74) is 3.24. The van der Waals surface area contributed by atoms with Gasteiger partial charge in [0.2, 0.25) is 0 Å². The van der Waals surface area contributed by atoms with Crippen molar-refractivity contribution in [1.82, 2.24) is 0 Å². The van der Waals surface area contributed by atoms with Gasteiger partial charge in [-0.2, -0.15) is 0 Å². The molecule has 1 aliphatic heterocycles. The first-order valence-electron chi connectivity index (χ1n) is 10.8. The summed E-state index contributed by atoms with van der Waals surface area (Å²) in [6.07, 6.45) is 3.40. The zero-order chi connectivity index (χ0) is 22.1. The minimum atomic E-state index is -1.12. The molecule has 1 aromatic rings. The minimum Gasteiger partial charge on any atom is -0.459 e. The van der Waals surface area contributed by atoms with E-state index in [-0.39, 0.29) is 18.8 Å². The summed E-state index contributed by atoms with van der Waals surface area (Å²) in [6, 6.07) is 3.18. The molecule has 0 aromatic carbocycles. The summed E-state index contributed by atoms with van der Waals surface area (Å²) in [5.74, 6) is 8.10. The lowest BCUT2D eigenvalue weighted by Crippen LogP contribution is -2.23. The standard InChI is InChI=1S/C25H38O4Si/c1-19(2)23-11-9-8-10-12-26-17-20(3)15-22-16-21(4)24(29-22)25(23)28-18-27-13-14-30(5,6)7/h15-16,23,25H,1,9,11-14,17-18H2,2-7H3/b20-15-/t23?,25-/m1/s1. The predicted molar refractivity (Wildman–Crippen MR) is 126 cm³/mol. The second-order valence-corrected chi connectivity index (χ2v) is 15.1. The molecule has 1 unspecified atom stereocenters. The van der Waals surface area contributed by atoms with Crippen LogP contribution < -0.4 is 0 Å². The Bertz CT molecular complexity index is 788. The van der Waals surface area contributed by atoms with E-state index < -0.39 is 8.07 Å². The van der Waals surface area contributed by atoms with Crippen molar-refractivity contribution in [2.75, 3.05) is 26.6 Å². The minimum absolute atomic E-state index is 0.103. The van der Waals surface area contributed by atoms with Crippen molar-refractivity contribution in [1.29, 1.82) is 0 Å². The van der Waals surface area contributed by atoms with Gasteiger partial charge in [0.25, 0.3) is 0 Å². The molecule has 1 aliphatic rings. The molecule has 0 fully saturated rings. The van der Waals surface area contributed by atoms with Gasteiger partial charge in [-0.05, 0) is 56.5 Å². The third kappa shape index (κ3) is 8.27. The first kappa shape index (κ1) is 24.7. The van der Waals surface area contributed by atoms with E-state index in [1.807, 2.05) is 13.0 Å². The Morgan fingerprint density at radius 2 is 2.03 bits per heavy atom. The van der Waals surface area contributed by atoms with Crippen LogP contribution in [-0.4, -0.2) is 34.7 Å². The third-order valence-corrected chi connectivity index (χ3v) is 6.86. The smallest absolute Gasteiger partial charge is 0.147 e. The van der Waals surface area contributed by atoms with Crippen LogP contribution >= 0.6 is 0 Å². The Morgan fingerprint density at radius 3 is 2.73 bits per heavy atom. The average Bonchev–Trinajstić information content (AvgIpc) is 2.99. The molecule has 30 heavy (non-hydrogen) atoms. The van der Waals surface area contributed by atoms with Gasteiger partial charge in [0, 0.05) is 27.0 Å². The van der Waals surface area contributed by atoms with E-state index in [1.165, 1.54) is 0 Å². The van der Waals surface area contributed by atoms with Crippen LogP contribution in [-0.2, 0) is 14.2 Å². The van der Waals surface area contributed by atoms with Gasteiger partial charge in [-0.25, -0.2) is 0 Å². The lowest BCUT2D eigenvalue weighted by molar-refractivity contribution is -0.108. The van der Waals surface area contributed by atoms with Gasteiger partial charge in [0.15, 0.2) is 0 Å². The molecule has 0 N–H and O–H groups in total. The van der Waals surface area contributed by atoms with Crippen LogP contribution in [0.2, 0.25) is 25.7 Å². The van der Waals surface area contributed by atoms with Crippen LogP contribution in [0.15, 0.2) is 28.2 Å². The topological polar surface area (TPSA) is 40.8 Å². The normalized spacial score (nSPS) is 22.4. The van der Waals surface area contributed by atoms with Crippen molar-refractivity contribution in [2.24, 2.45) is 5.92 Å². The lowest BCUT2D eigenvalue weighted by atomic mass is 9.88. The van der Waals surface area contributed by atoms with E-state index in [0.29, 0.717) is 13.2 Å². The largest absolute Gasteiger partial charge is 0.459 e. The Morgan fingerprint density at radius 1 is 1.27 bits per heavy atom. The van der Waals surface area contributed by atoms with Gasteiger partial charge in [-0.1, -0.05) is 37.7 Å². The molecule has 0 saturated carbocycles. The van der Waals surface area contributed by atoms with Crippen molar-refractivity contribution < 1.29 is 18.6 Å². The van der Waals surface area contributed by atoms with Crippen LogP contribution in [0, 0.1) is 24.7 Å². The van der Waals surface area contributed by atoms with Crippen molar-refractivity contribution >= 4 is 14.1 Å². The molecule has 2 rings (SSSR count). The molecule has 2 bridgehead atoms. The molecule has 2 atom stereocenters. The molecule has 166 valence electrons. The molecule has 2 heterocycles. The summed E-state index contributed by atoms with van der Waals surface area (Å²) < 4.78 is 24.0. The van der Waals surface area contributed by atoms with Crippen molar-refractivity contribution in [3.8, 4) is 11.8 Å². The summed E-state index contributed by atoms with van der Waals surface area (Å²) in [4.78, 5) is 0. The van der Waals surface area contributed by atoms with E-state index in [9.17, 15) is 0 Å². The van der Waals surface area contributed by atoms with Crippen LogP contribution in [0.25, 0.3) is 6.08 Å². The summed E-state index contributed by atoms with van der Waals surface area (Å²) in [7, 11) is -1.12. The van der Waals surface area contributed by atoms with Gasteiger partial charge < -0.3 is 18.6 Å². The van der Waals surface area contributed by atoms with Gasteiger partial charge in [-0.15, -0.1) is 5.92 Å². The zero-order valence-corrected chi connectivity index (χ0v) is 20.6. The van der Waals surface area contributed by atoms with E-state index in [1.54, 1.807) is 0 Å². The SMILES string of the molecule is C=C(C)C1CCC#CCOC/C(C)=C\c2cc(C)c(o2)[C@@H]1OCOCC[Si](C)(C)C. The monoisotopic (exact) mass is 430 g/mol. The number of rotatable bonds is 7. The molecule has 5 heteroatoms. The summed E-state index contributed by atoms with van der Waals surface area (Å²) in [6.45, 7) is 19.4. The van der Waals surface area contributed by atoms with E-state index in [0.717, 1.165) is 53.7 Å². The second-order valence-electron chi connectivity index (χ2n) is 9.45. The van der Waals surface area contributed by atoms with Crippen molar-refractivity contribution in [3.63, 3.8) is 0 Å². The molecular formula is C25H38O4Si. The highest BCUT2D eigenvalue weighted by Gasteiger charge is 2.29. The molecule has 0 radical (unpaired) electrons. The Hall–Kier alpha value is -1.58. The maximum atomic E-state index is 6.28. The number of hydrogen-bond acceptors (Lipinski definition) is 4. The van der Waals surface area contributed by atoms with Crippen molar-refractivity contribution in [3.05, 3.63) is 40.9 Å². The molecule has 0 aliphatic carbocycles. The maximum absolute atomic E-state index is 6.28. The van der Waals surface area contributed by atoms with E-state index in [4.69, 9.17) is 18.6 Å². The number of aryl methyl sites for hydroxylation is 1. The molecule has 4 nitrogen and oxygen atoms in total. The maximum Gasteiger partial charge on any atom is 0.147 e. The van der Waals surface area contributed by atoms with Gasteiger partial charge >= 0.3 is 0 Å². The Balaban J connectivity index is 2.25. The number of fused-ring (bicyclic) bond motifs is 2. The quantitative estimate of drug-likeness (QED) is 0.166. The fourth-order valence-electron chi connectivity index (χ4n) is 3.38. The molecule has 0 saturated heterocycles. The van der Waals surface area contributed by atoms with Gasteiger partial charge in [0.1, 0.15) is 31.0 Å². The summed E-state index contributed by atoms with van der Waals surface area (Å²) >= 11 is 0. The third-order valence-electron chi connectivity index (χ3n) is 5.16. The molecular weight excluding hydrogens is 392 g/mol. The number of hydrogen-bond donors (Lipinski definition) is 0. The Kier molecular flexibility index (Phi) is 9.64. The fraction of sp³-hybridized carbons (Fsp3) is 0.600. The van der Waals surface area contributed by atoms with Gasteiger partial charge in [0.05, 0.1) is 6.61 Å².